The third-order valence-electron chi connectivity index (χ3n) is 6.27. The fraction of sp³-hybridized carbons (Fsp3) is 0.895. The van der Waals surface area contributed by atoms with Crippen molar-refractivity contribution in [2.75, 3.05) is 52.4 Å². The average molecular weight is 335 g/mol. The van der Waals surface area contributed by atoms with E-state index in [9.17, 15) is 9.59 Å². The van der Waals surface area contributed by atoms with E-state index in [0.717, 1.165) is 58.4 Å². The molecule has 0 aromatic carbocycles. The van der Waals surface area contributed by atoms with Gasteiger partial charge in [-0.1, -0.05) is 0 Å². The average Bonchev–Trinajstić information content (AvgIpc) is 3.13. The summed E-state index contributed by atoms with van der Waals surface area (Å²) in [6.45, 7) is 10.3. The van der Waals surface area contributed by atoms with Crippen LogP contribution in [0.2, 0.25) is 0 Å². The van der Waals surface area contributed by atoms with Crippen molar-refractivity contribution in [2.45, 2.75) is 45.4 Å². The zero-order valence-corrected chi connectivity index (χ0v) is 15.2. The molecule has 0 radical (unpaired) electrons. The highest BCUT2D eigenvalue weighted by atomic mass is 16.2. The van der Waals surface area contributed by atoms with Gasteiger partial charge in [0.05, 0.1) is 0 Å². The normalized spacial score (nSPS) is 29.8. The first-order chi connectivity index (χ1) is 11.6. The second-order valence-electron chi connectivity index (χ2n) is 7.87. The maximum atomic E-state index is 12.7. The zero-order valence-electron chi connectivity index (χ0n) is 15.2. The lowest BCUT2D eigenvalue weighted by atomic mass is 9.79. The van der Waals surface area contributed by atoms with Gasteiger partial charge in [-0.05, 0) is 58.5 Å². The van der Waals surface area contributed by atoms with Crippen molar-refractivity contribution in [3.05, 3.63) is 0 Å². The molecule has 1 amide bonds. The molecule has 5 nitrogen and oxygen atoms in total. The highest BCUT2D eigenvalue weighted by Gasteiger charge is 2.32. The number of hydrogen-bond donors (Lipinski definition) is 0. The number of amides is 1. The molecule has 2 heterocycles. The van der Waals surface area contributed by atoms with Gasteiger partial charge in [0, 0.05) is 51.1 Å². The number of rotatable bonds is 5. The number of carbonyl (C=O) groups excluding carboxylic acids is 2. The Morgan fingerprint density at radius 2 is 1.25 bits per heavy atom. The lowest BCUT2D eigenvalue weighted by Crippen LogP contribution is -2.51. The Kier molecular flexibility index (Phi) is 6.28. The molecule has 5 heteroatoms. The van der Waals surface area contributed by atoms with Crippen molar-refractivity contribution in [1.29, 1.82) is 0 Å². The minimum Gasteiger partial charge on any atom is -0.340 e. The minimum absolute atomic E-state index is 0.164. The Morgan fingerprint density at radius 1 is 0.750 bits per heavy atom. The van der Waals surface area contributed by atoms with Crippen molar-refractivity contribution in [3.8, 4) is 0 Å². The Morgan fingerprint density at radius 3 is 1.79 bits per heavy atom. The highest BCUT2D eigenvalue weighted by molar-refractivity contribution is 5.81. The van der Waals surface area contributed by atoms with E-state index in [2.05, 4.69) is 14.7 Å². The van der Waals surface area contributed by atoms with Gasteiger partial charge in [0.15, 0.2) is 0 Å². The monoisotopic (exact) mass is 335 g/mol. The number of Topliss-reactive ketones (excluding diaryl/α,β-unsaturated/α-hetero) is 1. The highest BCUT2D eigenvalue weighted by Crippen LogP contribution is 2.30. The van der Waals surface area contributed by atoms with Crippen LogP contribution in [0.5, 0.6) is 0 Å². The fourth-order valence-electron chi connectivity index (χ4n) is 4.49. The molecule has 0 bridgehead atoms. The Bertz CT molecular complexity index is 432. The smallest absolute Gasteiger partial charge is 0.225 e. The Labute approximate surface area is 146 Å². The van der Waals surface area contributed by atoms with E-state index < -0.39 is 0 Å². The summed E-state index contributed by atoms with van der Waals surface area (Å²) in [5.41, 5.74) is 0. The molecule has 0 aromatic heterocycles. The molecule has 136 valence electrons. The number of hydrogen-bond acceptors (Lipinski definition) is 4. The van der Waals surface area contributed by atoms with Gasteiger partial charge in [0.25, 0.3) is 0 Å². The summed E-state index contributed by atoms with van der Waals surface area (Å²) in [4.78, 5) is 31.3. The maximum absolute atomic E-state index is 12.7. The van der Waals surface area contributed by atoms with Gasteiger partial charge in [-0.15, -0.1) is 0 Å². The third-order valence-corrected chi connectivity index (χ3v) is 6.27. The van der Waals surface area contributed by atoms with Crippen molar-refractivity contribution >= 4 is 11.7 Å². The first-order valence-electron chi connectivity index (χ1n) is 9.87. The summed E-state index contributed by atoms with van der Waals surface area (Å²) in [7, 11) is 0. The van der Waals surface area contributed by atoms with Crippen molar-refractivity contribution < 1.29 is 9.59 Å². The topological polar surface area (TPSA) is 43.9 Å². The summed E-state index contributed by atoms with van der Waals surface area (Å²) >= 11 is 0. The number of piperazine rings is 1. The maximum Gasteiger partial charge on any atom is 0.225 e. The first kappa shape index (κ1) is 17.9. The van der Waals surface area contributed by atoms with Crippen LogP contribution in [-0.2, 0) is 9.59 Å². The van der Waals surface area contributed by atoms with Gasteiger partial charge < -0.3 is 9.80 Å². The van der Waals surface area contributed by atoms with Crippen LogP contribution in [0.25, 0.3) is 0 Å². The summed E-state index contributed by atoms with van der Waals surface area (Å²) in [6.07, 6.45) is 6.32. The summed E-state index contributed by atoms with van der Waals surface area (Å²) < 4.78 is 0. The molecule has 1 aliphatic carbocycles. The summed E-state index contributed by atoms with van der Waals surface area (Å²) in [5, 5.41) is 0. The van der Waals surface area contributed by atoms with Crippen LogP contribution in [0, 0.1) is 11.8 Å². The van der Waals surface area contributed by atoms with E-state index in [0.29, 0.717) is 11.7 Å². The SMILES string of the molecule is CC(=O)C1CCC(C(=O)N2CCN(CCN3CCCC3)CC2)CC1. The van der Waals surface area contributed by atoms with Crippen LogP contribution in [-0.4, -0.2) is 78.7 Å². The fourth-order valence-corrected chi connectivity index (χ4v) is 4.49. The standard InChI is InChI=1S/C19H33N3O2/c1-16(23)17-4-6-18(7-5-17)19(24)22-14-12-21(13-15-22)11-10-20-8-2-3-9-20/h17-18H,2-15H2,1H3. The van der Waals surface area contributed by atoms with E-state index in [1.54, 1.807) is 6.92 Å². The number of likely N-dealkylation sites (tertiary alicyclic amines) is 1. The number of ketones is 1. The Balaban J connectivity index is 1.36. The van der Waals surface area contributed by atoms with Crippen molar-refractivity contribution in [2.24, 2.45) is 11.8 Å². The van der Waals surface area contributed by atoms with Crippen LogP contribution in [0.15, 0.2) is 0 Å². The third kappa shape index (κ3) is 4.57. The van der Waals surface area contributed by atoms with E-state index in [1.165, 1.54) is 32.5 Å². The van der Waals surface area contributed by atoms with Crippen LogP contribution in [0.3, 0.4) is 0 Å². The van der Waals surface area contributed by atoms with E-state index in [1.807, 2.05) is 0 Å². The molecule has 24 heavy (non-hydrogen) atoms. The van der Waals surface area contributed by atoms with Gasteiger partial charge >= 0.3 is 0 Å². The van der Waals surface area contributed by atoms with Gasteiger partial charge in [-0.3, -0.25) is 14.5 Å². The van der Waals surface area contributed by atoms with E-state index in [-0.39, 0.29) is 11.8 Å². The molecule has 0 aromatic rings. The van der Waals surface area contributed by atoms with E-state index >= 15 is 0 Å². The molecule has 0 spiro atoms. The molecule has 2 saturated heterocycles. The number of nitrogens with zero attached hydrogens (tertiary/aromatic N) is 3. The quantitative estimate of drug-likeness (QED) is 0.766. The predicted octanol–water partition coefficient (Wildman–Crippen LogP) is 1.62. The van der Waals surface area contributed by atoms with Crippen LogP contribution >= 0.6 is 0 Å². The minimum atomic E-state index is 0.164. The van der Waals surface area contributed by atoms with Crippen molar-refractivity contribution in [1.82, 2.24) is 14.7 Å². The molecule has 0 atom stereocenters. The second kappa shape index (κ2) is 8.43. The number of carbonyl (C=O) groups is 2. The molecule has 0 N–H and O–H groups in total. The van der Waals surface area contributed by atoms with Crippen molar-refractivity contribution in [3.63, 3.8) is 0 Å². The van der Waals surface area contributed by atoms with Crippen LogP contribution < -0.4 is 0 Å². The predicted molar refractivity (Wildman–Crippen MR) is 94.8 cm³/mol. The lowest BCUT2D eigenvalue weighted by Gasteiger charge is -2.38. The Hall–Kier alpha value is -0.940. The molecular formula is C19H33N3O2. The van der Waals surface area contributed by atoms with Gasteiger partial charge in [-0.2, -0.15) is 0 Å². The van der Waals surface area contributed by atoms with E-state index in [4.69, 9.17) is 0 Å². The second-order valence-corrected chi connectivity index (χ2v) is 7.87. The lowest BCUT2D eigenvalue weighted by molar-refractivity contribution is -0.139. The van der Waals surface area contributed by atoms with Gasteiger partial charge in [0.1, 0.15) is 5.78 Å². The molecule has 3 fully saturated rings. The molecule has 1 saturated carbocycles. The molecule has 2 aliphatic heterocycles. The summed E-state index contributed by atoms with van der Waals surface area (Å²) in [5.74, 6) is 1.01. The summed E-state index contributed by atoms with van der Waals surface area (Å²) in [6, 6.07) is 0. The van der Waals surface area contributed by atoms with Gasteiger partial charge in [-0.25, -0.2) is 0 Å². The van der Waals surface area contributed by atoms with Crippen LogP contribution in [0.1, 0.15) is 45.4 Å². The van der Waals surface area contributed by atoms with Gasteiger partial charge in [0.2, 0.25) is 5.91 Å². The molecule has 3 rings (SSSR count). The first-order valence-corrected chi connectivity index (χ1v) is 9.87. The molecule has 3 aliphatic rings. The molecule has 0 unspecified atom stereocenters. The zero-order chi connectivity index (χ0) is 16.9. The van der Waals surface area contributed by atoms with Crippen LogP contribution in [0.4, 0.5) is 0 Å². The molecular weight excluding hydrogens is 302 g/mol. The largest absolute Gasteiger partial charge is 0.340 e.